The molecule has 5 rings (SSSR count). The Kier molecular flexibility index (Phi) is 7.34. The normalized spacial score (nSPS) is 16.8. The van der Waals surface area contributed by atoms with E-state index in [1.54, 1.807) is 12.1 Å². The van der Waals surface area contributed by atoms with Crippen molar-refractivity contribution < 1.29 is 19.1 Å². The lowest BCUT2D eigenvalue weighted by Crippen LogP contribution is -2.29. The lowest BCUT2D eigenvalue weighted by molar-refractivity contribution is -0.132. The van der Waals surface area contributed by atoms with Crippen LogP contribution < -0.4 is 4.90 Å². The SMILES string of the molecule is Cc1ccc(C)c(C(O)=C2C(=O)C(=O)N(c3nnc(SCc4ccccc4Cl)s3)C2c2ccc(F)cc2)c1. The van der Waals surface area contributed by atoms with Crippen LogP contribution in [0.3, 0.4) is 0 Å². The Morgan fingerprint density at radius 3 is 2.55 bits per heavy atom. The molecule has 1 aliphatic rings. The molecule has 1 aliphatic heterocycles. The number of aromatic nitrogens is 2. The van der Waals surface area contributed by atoms with Crippen molar-refractivity contribution in [3.8, 4) is 0 Å². The van der Waals surface area contributed by atoms with E-state index >= 15 is 0 Å². The minimum Gasteiger partial charge on any atom is -0.507 e. The summed E-state index contributed by atoms with van der Waals surface area (Å²) >= 11 is 8.81. The molecular formula is C28H21ClFN3O3S2. The average molecular weight is 566 g/mol. The van der Waals surface area contributed by atoms with Crippen molar-refractivity contribution in [1.29, 1.82) is 0 Å². The van der Waals surface area contributed by atoms with Crippen LogP contribution in [0.5, 0.6) is 0 Å². The maximum absolute atomic E-state index is 13.8. The second-order valence-corrected chi connectivity index (χ2v) is 11.4. The Morgan fingerprint density at radius 1 is 1.08 bits per heavy atom. The highest BCUT2D eigenvalue weighted by Crippen LogP contribution is 2.44. The highest BCUT2D eigenvalue weighted by molar-refractivity contribution is 8.00. The highest BCUT2D eigenvalue weighted by atomic mass is 35.5. The van der Waals surface area contributed by atoms with Gasteiger partial charge in [-0.05, 0) is 54.8 Å². The first-order valence-electron chi connectivity index (χ1n) is 11.6. The molecule has 1 amide bonds. The second kappa shape index (κ2) is 10.7. The minimum atomic E-state index is -1.01. The molecule has 192 valence electrons. The number of benzene rings is 3. The van der Waals surface area contributed by atoms with Gasteiger partial charge in [0.1, 0.15) is 11.6 Å². The molecule has 1 aromatic heterocycles. The molecule has 4 aromatic rings. The van der Waals surface area contributed by atoms with Gasteiger partial charge in [0.05, 0.1) is 11.6 Å². The summed E-state index contributed by atoms with van der Waals surface area (Å²) < 4.78 is 14.4. The van der Waals surface area contributed by atoms with Gasteiger partial charge in [-0.3, -0.25) is 14.5 Å². The molecular weight excluding hydrogens is 545 g/mol. The van der Waals surface area contributed by atoms with Crippen LogP contribution in [0.1, 0.15) is 33.9 Å². The molecule has 0 spiro atoms. The van der Waals surface area contributed by atoms with Gasteiger partial charge < -0.3 is 5.11 Å². The van der Waals surface area contributed by atoms with Crippen molar-refractivity contribution in [2.45, 2.75) is 30.0 Å². The first kappa shape index (κ1) is 26.1. The third-order valence-electron chi connectivity index (χ3n) is 6.19. The monoisotopic (exact) mass is 565 g/mol. The average Bonchev–Trinajstić information content (AvgIpc) is 3.47. The van der Waals surface area contributed by atoms with E-state index in [-0.39, 0.29) is 16.5 Å². The van der Waals surface area contributed by atoms with E-state index in [1.807, 2.05) is 44.2 Å². The van der Waals surface area contributed by atoms with Crippen LogP contribution in [0.2, 0.25) is 5.02 Å². The first-order chi connectivity index (χ1) is 18.2. The number of thioether (sulfide) groups is 1. The Bertz CT molecular complexity index is 1590. The number of amides is 1. The molecule has 0 bridgehead atoms. The Labute approximate surface area is 231 Å². The number of hydrogen-bond acceptors (Lipinski definition) is 7. The number of carbonyl (C=O) groups excluding carboxylic acids is 2. The third kappa shape index (κ3) is 4.97. The molecule has 2 heterocycles. The van der Waals surface area contributed by atoms with E-state index in [0.717, 1.165) is 28.0 Å². The van der Waals surface area contributed by atoms with E-state index in [4.69, 9.17) is 11.6 Å². The van der Waals surface area contributed by atoms with E-state index < -0.39 is 23.5 Å². The van der Waals surface area contributed by atoms with Gasteiger partial charge in [0.2, 0.25) is 5.13 Å². The Hall–Kier alpha value is -3.53. The predicted octanol–water partition coefficient (Wildman–Crippen LogP) is 6.87. The number of carbonyl (C=O) groups is 2. The first-order valence-corrected chi connectivity index (χ1v) is 13.8. The van der Waals surface area contributed by atoms with E-state index in [9.17, 15) is 19.1 Å². The molecule has 6 nitrogen and oxygen atoms in total. The van der Waals surface area contributed by atoms with Crippen LogP contribution >= 0.6 is 34.7 Å². The summed E-state index contributed by atoms with van der Waals surface area (Å²) in [4.78, 5) is 27.9. The number of hydrogen-bond donors (Lipinski definition) is 1. The molecule has 0 radical (unpaired) electrons. The van der Waals surface area contributed by atoms with Crippen LogP contribution in [0.15, 0.2) is 76.6 Å². The Balaban J connectivity index is 1.57. The van der Waals surface area contributed by atoms with Crippen molar-refractivity contribution >= 4 is 57.3 Å². The van der Waals surface area contributed by atoms with Gasteiger partial charge in [-0.2, -0.15) is 0 Å². The van der Waals surface area contributed by atoms with E-state index in [0.29, 0.717) is 26.2 Å². The van der Waals surface area contributed by atoms with Gasteiger partial charge in [-0.1, -0.05) is 82.7 Å². The number of ketones is 1. The summed E-state index contributed by atoms with van der Waals surface area (Å²) in [6.45, 7) is 3.68. The smallest absolute Gasteiger partial charge is 0.301 e. The number of nitrogens with zero attached hydrogens (tertiary/aromatic N) is 3. The van der Waals surface area contributed by atoms with Crippen LogP contribution in [0.4, 0.5) is 9.52 Å². The molecule has 1 fully saturated rings. The van der Waals surface area contributed by atoms with Crippen LogP contribution in [0.25, 0.3) is 5.76 Å². The van der Waals surface area contributed by atoms with Crippen LogP contribution in [0, 0.1) is 19.7 Å². The second-order valence-electron chi connectivity index (χ2n) is 8.77. The van der Waals surface area contributed by atoms with E-state index in [1.165, 1.54) is 40.9 Å². The fraction of sp³-hybridized carbons (Fsp3) is 0.143. The number of aliphatic hydroxyl groups excluding tert-OH is 1. The molecule has 3 aromatic carbocycles. The molecule has 1 saturated heterocycles. The number of aliphatic hydroxyl groups is 1. The van der Waals surface area contributed by atoms with E-state index in [2.05, 4.69) is 10.2 Å². The van der Waals surface area contributed by atoms with Crippen molar-refractivity contribution in [3.63, 3.8) is 0 Å². The lowest BCUT2D eigenvalue weighted by atomic mass is 9.93. The van der Waals surface area contributed by atoms with Gasteiger partial charge in [0.25, 0.3) is 5.78 Å². The topological polar surface area (TPSA) is 83.4 Å². The fourth-order valence-electron chi connectivity index (χ4n) is 4.24. The van der Waals surface area contributed by atoms with Crippen molar-refractivity contribution in [2.24, 2.45) is 0 Å². The predicted molar refractivity (Wildman–Crippen MR) is 148 cm³/mol. The zero-order chi connectivity index (χ0) is 27.0. The van der Waals surface area contributed by atoms with Gasteiger partial charge >= 0.3 is 5.91 Å². The van der Waals surface area contributed by atoms with Crippen molar-refractivity contribution in [1.82, 2.24) is 10.2 Å². The zero-order valence-corrected chi connectivity index (χ0v) is 22.7. The molecule has 38 heavy (non-hydrogen) atoms. The third-order valence-corrected chi connectivity index (χ3v) is 8.66. The number of anilines is 1. The summed E-state index contributed by atoms with van der Waals surface area (Å²) in [7, 11) is 0. The maximum Gasteiger partial charge on any atom is 0.301 e. The quantitative estimate of drug-likeness (QED) is 0.0903. The van der Waals surface area contributed by atoms with Crippen molar-refractivity contribution in [2.75, 3.05) is 4.90 Å². The number of rotatable bonds is 6. The molecule has 1 N–H and O–H groups in total. The summed E-state index contributed by atoms with van der Waals surface area (Å²) in [6, 6.07) is 17.4. The number of Topliss-reactive ketones (excluding diaryl/α,β-unsaturated/α-hetero) is 1. The van der Waals surface area contributed by atoms with Crippen molar-refractivity contribution in [3.05, 3.63) is 111 Å². The van der Waals surface area contributed by atoms with Crippen LogP contribution in [-0.2, 0) is 15.3 Å². The minimum absolute atomic E-state index is 0.0872. The summed E-state index contributed by atoms with van der Waals surface area (Å²) in [5, 5.41) is 20.6. The standard InChI is InChI=1S/C28H21ClFN3O3S2/c1-15-7-8-16(2)20(13-15)24(34)22-23(17-9-11-19(30)12-10-17)33(26(36)25(22)35)27-31-32-28(38-27)37-14-18-5-3-4-6-21(18)29/h3-13,23,34H,14H2,1-2H3. The number of aryl methyl sites for hydroxylation is 2. The maximum atomic E-state index is 13.8. The summed E-state index contributed by atoms with van der Waals surface area (Å²) in [5.74, 6) is -1.90. The molecule has 10 heteroatoms. The lowest BCUT2D eigenvalue weighted by Gasteiger charge is -2.22. The largest absolute Gasteiger partial charge is 0.507 e. The van der Waals surface area contributed by atoms with Crippen LogP contribution in [-0.4, -0.2) is 27.0 Å². The summed E-state index contributed by atoms with van der Waals surface area (Å²) in [6.07, 6.45) is 0. The molecule has 1 unspecified atom stereocenters. The summed E-state index contributed by atoms with van der Waals surface area (Å²) in [5.41, 5.74) is 3.37. The molecule has 0 saturated carbocycles. The fourth-order valence-corrected chi connectivity index (χ4v) is 6.39. The zero-order valence-electron chi connectivity index (χ0n) is 20.3. The van der Waals surface area contributed by atoms with Gasteiger partial charge in [0.15, 0.2) is 4.34 Å². The molecule has 0 aliphatic carbocycles. The highest BCUT2D eigenvalue weighted by Gasteiger charge is 2.48. The number of halogens is 2. The van der Waals surface area contributed by atoms with Gasteiger partial charge in [-0.15, -0.1) is 10.2 Å². The van der Waals surface area contributed by atoms with Gasteiger partial charge in [-0.25, -0.2) is 4.39 Å². The van der Waals surface area contributed by atoms with Gasteiger partial charge in [0, 0.05) is 16.3 Å². The Morgan fingerprint density at radius 2 is 1.82 bits per heavy atom. The molecule has 1 atom stereocenters.